The third-order valence-corrected chi connectivity index (χ3v) is 6.00. The molecule has 0 aliphatic carbocycles. The number of aryl methyl sites for hydroxylation is 1. The molecule has 166 valence electrons. The van der Waals surface area contributed by atoms with E-state index >= 15 is 0 Å². The Morgan fingerprint density at radius 3 is 2.81 bits per heavy atom. The Balaban J connectivity index is 1.67. The molecule has 1 unspecified atom stereocenters. The Hall–Kier alpha value is -3.68. The van der Waals surface area contributed by atoms with Gasteiger partial charge in [0.15, 0.2) is 11.6 Å². The molecule has 4 aromatic rings. The van der Waals surface area contributed by atoms with Crippen molar-refractivity contribution < 1.29 is 0 Å². The summed E-state index contributed by atoms with van der Waals surface area (Å²) in [5, 5.41) is 4.72. The molecule has 0 bridgehead atoms. The minimum absolute atomic E-state index is 0.293. The molecule has 0 amide bonds. The van der Waals surface area contributed by atoms with Gasteiger partial charge in [0, 0.05) is 49.1 Å². The molecule has 0 aliphatic rings. The molecular formula is C24H30N8. The molecule has 0 saturated heterocycles. The number of aromatic amines is 1. The maximum Gasteiger partial charge on any atom is 0.239 e. The van der Waals surface area contributed by atoms with E-state index in [0.717, 1.165) is 30.0 Å². The summed E-state index contributed by atoms with van der Waals surface area (Å²) in [7, 11) is 2.03. The van der Waals surface area contributed by atoms with Crippen LogP contribution in [0.15, 0.2) is 47.8 Å². The first kappa shape index (κ1) is 21.5. The fraction of sp³-hybridized carbons (Fsp3) is 0.333. The van der Waals surface area contributed by atoms with Gasteiger partial charge in [-0.15, -0.1) is 0 Å². The van der Waals surface area contributed by atoms with E-state index in [2.05, 4.69) is 70.1 Å². The van der Waals surface area contributed by atoms with Crippen LogP contribution in [0.4, 0.5) is 17.3 Å². The predicted molar refractivity (Wildman–Crippen MR) is 132 cm³/mol. The molecule has 8 heteroatoms. The van der Waals surface area contributed by atoms with E-state index in [1.807, 2.05) is 30.8 Å². The van der Waals surface area contributed by atoms with Gasteiger partial charge in [0.05, 0.1) is 0 Å². The van der Waals surface area contributed by atoms with Gasteiger partial charge in [-0.25, -0.2) is 4.98 Å². The van der Waals surface area contributed by atoms with Crippen molar-refractivity contribution in [3.63, 3.8) is 0 Å². The monoisotopic (exact) mass is 430 g/mol. The minimum atomic E-state index is 0.293. The molecule has 0 aliphatic heterocycles. The lowest BCUT2D eigenvalue weighted by atomic mass is 10.1. The van der Waals surface area contributed by atoms with Crippen molar-refractivity contribution in [1.29, 1.82) is 0 Å². The van der Waals surface area contributed by atoms with Crippen molar-refractivity contribution in [1.82, 2.24) is 24.5 Å². The molecular weight excluding hydrogens is 400 g/mol. The topological polar surface area (TPSA) is 87.0 Å². The van der Waals surface area contributed by atoms with Crippen LogP contribution in [-0.4, -0.2) is 50.9 Å². The number of fused-ring (bicyclic) bond motifs is 1. The number of nitrogens with zero attached hydrogens (tertiary/aromatic N) is 6. The van der Waals surface area contributed by atoms with E-state index in [4.69, 9.17) is 9.97 Å². The van der Waals surface area contributed by atoms with E-state index in [0.29, 0.717) is 30.0 Å². The molecule has 8 nitrogen and oxygen atoms in total. The van der Waals surface area contributed by atoms with Crippen LogP contribution in [0.2, 0.25) is 0 Å². The highest BCUT2D eigenvalue weighted by Crippen LogP contribution is 2.34. The van der Waals surface area contributed by atoms with Crippen molar-refractivity contribution in [2.24, 2.45) is 4.99 Å². The molecule has 4 rings (SSSR count). The molecule has 0 saturated carbocycles. The lowest BCUT2D eigenvalue weighted by Crippen LogP contribution is -2.29. The van der Waals surface area contributed by atoms with E-state index < -0.39 is 0 Å². The van der Waals surface area contributed by atoms with Crippen LogP contribution in [0.1, 0.15) is 31.7 Å². The van der Waals surface area contributed by atoms with Crippen molar-refractivity contribution in [3.8, 4) is 5.95 Å². The average molecular weight is 431 g/mol. The Kier molecular flexibility index (Phi) is 6.20. The van der Waals surface area contributed by atoms with Crippen molar-refractivity contribution in [3.05, 3.63) is 54.2 Å². The summed E-state index contributed by atoms with van der Waals surface area (Å²) in [5.41, 5.74) is 3.07. The first-order chi connectivity index (χ1) is 15.5. The quantitative estimate of drug-likeness (QED) is 0.377. The normalized spacial score (nSPS) is 12.1. The van der Waals surface area contributed by atoms with Crippen LogP contribution >= 0.6 is 0 Å². The lowest BCUT2D eigenvalue weighted by molar-refractivity contribution is 0.655. The third kappa shape index (κ3) is 4.08. The molecule has 3 heterocycles. The molecule has 0 radical (unpaired) electrons. The van der Waals surface area contributed by atoms with Gasteiger partial charge in [-0.2, -0.15) is 9.97 Å². The first-order valence-corrected chi connectivity index (χ1v) is 10.9. The number of hydrogen-bond acceptors (Lipinski definition) is 6. The van der Waals surface area contributed by atoms with Gasteiger partial charge < -0.3 is 15.2 Å². The number of aliphatic imine (C=N–C) groups is 1. The van der Waals surface area contributed by atoms with Gasteiger partial charge in [0.2, 0.25) is 5.95 Å². The zero-order valence-electron chi connectivity index (χ0n) is 19.1. The largest absolute Gasteiger partial charge is 0.368 e. The summed E-state index contributed by atoms with van der Waals surface area (Å²) in [6.07, 6.45) is 7.52. The Bertz CT molecular complexity index is 1220. The van der Waals surface area contributed by atoms with Crippen LogP contribution in [0.5, 0.6) is 0 Å². The maximum absolute atomic E-state index is 4.83. The fourth-order valence-corrected chi connectivity index (χ4v) is 3.78. The highest BCUT2D eigenvalue weighted by atomic mass is 15.3. The first-order valence-electron chi connectivity index (χ1n) is 10.9. The van der Waals surface area contributed by atoms with Crippen molar-refractivity contribution in [2.75, 3.05) is 23.8 Å². The van der Waals surface area contributed by atoms with Gasteiger partial charge in [0.25, 0.3) is 0 Å². The van der Waals surface area contributed by atoms with Gasteiger partial charge >= 0.3 is 0 Å². The lowest BCUT2D eigenvalue weighted by Gasteiger charge is -2.27. The van der Waals surface area contributed by atoms with E-state index in [1.54, 1.807) is 6.20 Å². The maximum atomic E-state index is 4.83. The molecule has 1 aromatic carbocycles. The number of benzene rings is 1. The molecule has 0 fully saturated rings. The van der Waals surface area contributed by atoms with Gasteiger partial charge in [-0.05, 0) is 45.0 Å². The number of aromatic nitrogens is 5. The number of H-pyrrole nitrogens is 1. The number of rotatable bonds is 9. The smallest absolute Gasteiger partial charge is 0.239 e. The highest BCUT2D eigenvalue weighted by molar-refractivity contribution is 5.83. The Morgan fingerprint density at radius 1 is 1.28 bits per heavy atom. The third-order valence-electron chi connectivity index (χ3n) is 6.00. The van der Waals surface area contributed by atoms with Crippen LogP contribution in [-0.2, 0) is 6.42 Å². The summed E-state index contributed by atoms with van der Waals surface area (Å²) >= 11 is 0. The van der Waals surface area contributed by atoms with Crippen molar-refractivity contribution in [2.45, 2.75) is 39.7 Å². The van der Waals surface area contributed by atoms with E-state index in [-0.39, 0.29) is 0 Å². The molecule has 3 aromatic heterocycles. The van der Waals surface area contributed by atoms with E-state index in [1.165, 1.54) is 10.9 Å². The number of nitrogens with one attached hydrogen (secondary N) is 2. The van der Waals surface area contributed by atoms with Crippen molar-refractivity contribution >= 4 is 34.9 Å². The zero-order chi connectivity index (χ0) is 22.7. The summed E-state index contributed by atoms with van der Waals surface area (Å²) in [5.74, 6) is 2.81. The fourth-order valence-electron chi connectivity index (χ4n) is 3.78. The molecule has 2 N–H and O–H groups in total. The van der Waals surface area contributed by atoms with Crippen LogP contribution in [0.25, 0.3) is 16.9 Å². The molecule has 32 heavy (non-hydrogen) atoms. The SMILES string of the molecule is C=Nc1c(NCCc2c[nH]c3ccccc23)nc(-n2ccnc2C)nc1N(C)C(C)CC. The van der Waals surface area contributed by atoms with Gasteiger partial charge in [0.1, 0.15) is 11.5 Å². The number of imidazole rings is 1. The standard InChI is InChI=1S/C24H30N8/c1-6-16(2)31(5)23-21(25-4)22(29-24(30-23)32-14-13-26-17(32)3)27-12-11-18-15-28-20-10-8-7-9-19(18)20/h7-10,13-16,28H,4,6,11-12H2,1-3,5H3,(H,27,29,30). The number of anilines is 2. The van der Waals surface area contributed by atoms with E-state index in [9.17, 15) is 0 Å². The average Bonchev–Trinajstić information content (AvgIpc) is 3.43. The highest BCUT2D eigenvalue weighted by Gasteiger charge is 2.21. The molecule has 0 spiro atoms. The second kappa shape index (κ2) is 9.21. The minimum Gasteiger partial charge on any atom is -0.368 e. The Labute approximate surface area is 188 Å². The zero-order valence-corrected chi connectivity index (χ0v) is 19.1. The summed E-state index contributed by atoms with van der Waals surface area (Å²) < 4.78 is 1.88. The number of para-hydroxylation sites is 1. The number of hydrogen-bond donors (Lipinski definition) is 2. The second-order valence-corrected chi connectivity index (χ2v) is 7.95. The summed E-state index contributed by atoms with van der Waals surface area (Å²) in [4.78, 5) is 23.7. The predicted octanol–water partition coefficient (Wildman–Crippen LogP) is 4.67. The van der Waals surface area contributed by atoms with Crippen LogP contribution < -0.4 is 10.2 Å². The van der Waals surface area contributed by atoms with Crippen LogP contribution in [0, 0.1) is 6.92 Å². The summed E-state index contributed by atoms with van der Waals surface area (Å²) in [6.45, 7) is 10.8. The Morgan fingerprint density at radius 2 is 2.09 bits per heavy atom. The molecule has 1 atom stereocenters. The second-order valence-electron chi connectivity index (χ2n) is 7.95. The van der Waals surface area contributed by atoms with Crippen LogP contribution in [0.3, 0.4) is 0 Å². The van der Waals surface area contributed by atoms with Gasteiger partial charge in [-0.1, -0.05) is 25.1 Å². The summed E-state index contributed by atoms with van der Waals surface area (Å²) in [6, 6.07) is 8.63. The van der Waals surface area contributed by atoms with Gasteiger partial charge in [-0.3, -0.25) is 9.56 Å².